The number of thiol groups is 1. The number of aryl methyl sites for hydroxylation is 1. The summed E-state index contributed by atoms with van der Waals surface area (Å²) in [6.45, 7) is 2.03. The first-order valence-corrected chi connectivity index (χ1v) is 6.82. The molecule has 1 aliphatic rings. The molecule has 0 fully saturated rings. The number of halogens is 1. The summed E-state index contributed by atoms with van der Waals surface area (Å²) >= 11 is 4.01. The molecule has 0 spiro atoms. The van der Waals surface area contributed by atoms with Crippen LogP contribution in [0.1, 0.15) is 16.7 Å². The Morgan fingerprint density at radius 3 is 2.76 bits per heavy atom. The summed E-state index contributed by atoms with van der Waals surface area (Å²) in [6, 6.07) is 6.52. The summed E-state index contributed by atoms with van der Waals surface area (Å²) < 4.78 is 18.8. The third kappa shape index (κ3) is 2.56. The average molecular weight is 301 g/mol. The predicted molar refractivity (Wildman–Crippen MR) is 80.4 cm³/mol. The summed E-state index contributed by atoms with van der Waals surface area (Å²) in [7, 11) is 0. The van der Waals surface area contributed by atoms with Crippen molar-refractivity contribution in [2.24, 2.45) is 0 Å². The highest BCUT2D eigenvalue weighted by molar-refractivity contribution is 7.80. The molecule has 3 rings (SSSR count). The van der Waals surface area contributed by atoms with Crippen molar-refractivity contribution in [2.75, 3.05) is 6.61 Å². The Bertz CT molecular complexity index is 771. The van der Waals surface area contributed by atoms with Crippen molar-refractivity contribution >= 4 is 29.7 Å². The van der Waals surface area contributed by atoms with E-state index in [2.05, 4.69) is 17.6 Å². The van der Waals surface area contributed by atoms with Gasteiger partial charge in [-0.05, 0) is 36.2 Å². The number of benzene rings is 1. The molecule has 21 heavy (non-hydrogen) atoms. The van der Waals surface area contributed by atoms with E-state index in [1.54, 1.807) is 24.5 Å². The van der Waals surface area contributed by atoms with Crippen LogP contribution in [0.5, 0.6) is 0 Å². The normalized spacial score (nSPS) is 14.5. The van der Waals surface area contributed by atoms with Crippen LogP contribution in [0.3, 0.4) is 0 Å². The van der Waals surface area contributed by atoms with E-state index in [1.807, 2.05) is 13.0 Å². The molecule has 0 saturated heterocycles. The number of rotatable bonds is 2. The number of carbonyl (C=O) groups excluding carboxylic acids is 1. The van der Waals surface area contributed by atoms with Gasteiger partial charge in [0.1, 0.15) is 12.4 Å². The Hall–Kier alpha value is -2.14. The Morgan fingerprint density at radius 1 is 1.24 bits per heavy atom. The van der Waals surface area contributed by atoms with Gasteiger partial charge in [-0.15, -0.1) is 12.6 Å². The maximum absolute atomic E-state index is 13.7. The third-order valence-electron chi connectivity index (χ3n) is 3.31. The largest absolute Gasteiger partial charge is 0.457 e. The van der Waals surface area contributed by atoms with E-state index in [1.165, 1.54) is 6.07 Å². The molecule has 0 N–H and O–H groups in total. The first-order chi connectivity index (χ1) is 10.1. The Balaban J connectivity index is 2.17. The first-order valence-electron chi connectivity index (χ1n) is 6.37. The number of cyclic esters (lactones) is 1. The van der Waals surface area contributed by atoms with Crippen LogP contribution in [0.2, 0.25) is 0 Å². The van der Waals surface area contributed by atoms with Gasteiger partial charge >= 0.3 is 5.97 Å². The molecule has 3 nitrogen and oxygen atoms in total. The van der Waals surface area contributed by atoms with Gasteiger partial charge in [-0.2, -0.15) is 0 Å². The molecule has 0 radical (unpaired) electrons. The van der Waals surface area contributed by atoms with E-state index < -0.39 is 11.8 Å². The molecular weight excluding hydrogens is 289 g/mol. The van der Waals surface area contributed by atoms with Gasteiger partial charge in [-0.25, -0.2) is 9.18 Å². The van der Waals surface area contributed by atoms with Crippen molar-refractivity contribution in [1.29, 1.82) is 0 Å². The lowest BCUT2D eigenvalue weighted by Gasteiger charge is -2.06. The highest BCUT2D eigenvalue weighted by atomic mass is 32.1. The average Bonchev–Trinajstić information content (AvgIpc) is 2.84. The van der Waals surface area contributed by atoms with Crippen molar-refractivity contribution in [2.45, 2.75) is 11.8 Å². The van der Waals surface area contributed by atoms with Crippen molar-refractivity contribution in [1.82, 2.24) is 4.98 Å². The smallest absolute Gasteiger partial charge is 0.339 e. The van der Waals surface area contributed by atoms with Crippen LogP contribution in [0.15, 0.2) is 41.6 Å². The second kappa shape index (κ2) is 5.33. The first kappa shape index (κ1) is 13.8. The van der Waals surface area contributed by atoms with Crippen LogP contribution in [0.25, 0.3) is 11.1 Å². The van der Waals surface area contributed by atoms with Crippen LogP contribution in [-0.2, 0) is 9.53 Å². The molecule has 106 valence electrons. The summed E-state index contributed by atoms with van der Waals surface area (Å²) in [6.07, 6.45) is 3.32. The van der Waals surface area contributed by atoms with Gasteiger partial charge in [-0.3, -0.25) is 4.98 Å². The second-order valence-corrected chi connectivity index (χ2v) is 5.33. The van der Waals surface area contributed by atoms with Crippen molar-refractivity contribution < 1.29 is 13.9 Å². The molecule has 0 atom stereocenters. The summed E-state index contributed by atoms with van der Waals surface area (Å²) in [4.78, 5) is 16.4. The molecule has 0 amide bonds. The topological polar surface area (TPSA) is 39.2 Å². The third-order valence-corrected chi connectivity index (χ3v) is 3.68. The minimum absolute atomic E-state index is 0.132. The molecule has 1 aromatic heterocycles. The monoisotopic (exact) mass is 301 g/mol. The molecule has 2 aromatic rings. The SMILES string of the molecule is Cc1cncc(C2=C(c3ccc(S)c(F)c3)COC2=O)c1. The number of esters is 1. The Morgan fingerprint density at radius 2 is 2.05 bits per heavy atom. The van der Waals surface area contributed by atoms with Crippen LogP contribution in [-0.4, -0.2) is 17.6 Å². The van der Waals surface area contributed by atoms with Crippen LogP contribution >= 0.6 is 12.6 Å². The lowest BCUT2D eigenvalue weighted by Crippen LogP contribution is -1.99. The zero-order valence-electron chi connectivity index (χ0n) is 11.3. The quantitative estimate of drug-likeness (QED) is 0.683. The van der Waals surface area contributed by atoms with E-state index in [4.69, 9.17) is 4.74 Å². The second-order valence-electron chi connectivity index (χ2n) is 4.85. The van der Waals surface area contributed by atoms with E-state index in [0.29, 0.717) is 22.3 Å². The summed E-state index contributed by atoms with van der Waals surface area (Å²) in [5, 5.41) is 0. The molecule has 5 heteroatoms. The highest BCUT2D eigenvalue weighted by Crippen LogP contribution is 2.33. The van der Waals surface area contributed by atoms with E-state index >= 15 is 0 Å². The van der Waals surface area contributed by atoms with Crippen molar-refractivity contribution in [3.63, 3.8) is 0 Å². The number of aromatic nitrogens is 1. The van der Waals surface area contributed by atoms with E-state index in [-0.39, 0.29) is 11.5 Å². The highest BCUT2D eigenvalue weighted by Gasteiger charge is 2.27. The molecular formula is C16H12FNO2S. The molecule has 0 aliphatic carbocycles. The predicted octanol–water partition coefficient (Wildman–Crippen LogP) is 3.29. The molecule has 1 aromatic carbocycles. The zero-order chi connectivity index (χ0) is 15.0. The Kier molecular flexibility index (Phi) is 3.51. The van der Waals surface area contributed by atoms with Crippen molar-refractivity contribution in [3.05, 3.63) is 59.2 Å². The number of ether oxygens (including phenoxy) is 1. The summed E-state index contributed by atoms with van der Waals surface area (Å²) in [5.41, 5.74) is 3.35. The number of pyridine rings is 1. The lowest BCUT2D eigenvalue weighted by molar-refractivity contribution is -0.133. The number of carbonyl (C=O) groups is 1. The van der Waals surface area contributed by atoms with Gasteiger partial charge in [0.05, 0.1) is 5.57 Å². The van der Waals surface area contributed by atoms with Crippen LogP contribution in [0, 0.1) is 12.7 Å². The van der Waals surface area contributed by atoms with Crippen molar-refractivity contribution in [3.8, 4) is 0 Å². The molecule has 1 aliphatic heterocycles. The van der Waals surface area contributed by atoms with Gasteiger partial charge in [0.2, 0.25) is 0 Å². The standard InChI is InChI=1S/C16H12FNO2S/c1-9-4-11(7-18-6-9)15-12(8-20-16(15)19)10-2-3-14(21)13(17)5-10/h2-7,21H,8H2,1H3. The van der Waals surface area contributed by atoms with Crippen LogP contribution in [0.4, 0.5) is 4.39 Å². The minimum atomic E-state index is -0.426. The van der Waals surface area contributed by atoms with Gasteiger partial charge in [0.15, 0.2) is 0 Å². The molecule has 0 bridgehead atoms. The zero-order valence-corrected chi connectivity index (χ0v) is 12.2. The fraction of sp³-hybridized carbons (Fsp3) is 0.125. The number of nitrogens with zero attached hydrogens (tertiary/aromatic N) is 1. The maximum Gasteiger partial charge on any atom is 0.339 e. The lowest BCUT2D eigenvalue weighted by atomic mass is 9.97. The van der Waals surface area contributed by atoms with E-state index in [9.17, 15) is 9.18 Å². The van der Waals surface area contributed by atoms with Gasteiger partial charge < -0.3 is 4.74 Å². The fourth-order valence-electron chi connectivity index (χ4n) is 2.31. The van der Waals surface area contributed by atoms with Gasteiger partial charge in [0, 0.05) is 28.4 Å². The minimum Gasteiger partial charge on any atom is -0.457 e. The maximum atomic E-state index is 13.7. The molecule has 0 saturated carbocycles. The molecule has 2 heterocycles. The number of hydrogen-bond acceptors (Lipinski definition) is 4. The number of hydrogen-bond donors (Lipinski definition) is 1. The van der Waals surface area contributed by atoms with Gasteiger partial charge in [0.25, 0.3) is 0 Å². The van der Waals surface area contributed by atoms with Gasteiger partial charge in [-0.1, -0.05) is 6.07 Å². The summed E-state index contributed by atoms with van der Waals surface area (Å²) in [5.74, 6) is -0.836. The van der Waals surface area contributed by atoms with E-state index in [0.717, 1.165) is 5.56 Å². The van der Waals surface area contributed by atoms with Crippen LogP contribution < -0.4 is 0 Å². The Labute approximate surface area is 126 Å². The molecule has 0 unspecified atom stereocenters. The fourth-order valence-corrected chi connectivity index (χ4v) is 2.45.